The topological polar surface area (TPSA) is 63.7 Å². The zero-order valence-electron chi connectivity index (χ0n) is 15.0. The maximum Gasteiger partial charge on any atom is 0.310 e. The molecule has 144 valence electrons. The van der Waals surface area contributed by atoms with E-state index in [1.54, 1.807) is 19.1 Å². The van der Waals surface area contributed by atoms with Gasteiger partial charge in [0.2, 0.25) is 10.0 Å². The minimum atomic E-state index is -3.79. The average molecular weight is 408 g/mol. The van der Waals surface area contributed by atoms with E-state index in [0.29, 0.717) is 17.9 Å². The molecule has 0 spiro atoms. The van der Waals surface area contributed by atoms with Crippen molar-refractivity contribution < 1.29 is 17.9 Å². The first-order valence-corrected chi connectivity index (χ1v) is 10.7. The first kappa shape index (κ1) is 19.9. The van der Waals surface area contributed by atoms with Gasteiger partial charge >= 0.3 is 5.97 Å². The zero-order chi connectivity index (χ0) is 19.4. The Kier molecular flexibility index (Phi) is 6.19. The number of sulfonamides is 1. The molecule has 1 saturated heterocycles. The van der Waals surface area contributed by atoms with E-state index < -0.39 is 15.9 Å². The molecule has 0 amide bonds. The molecule has 0 aliphatic carbocycles. The molecule has 1 heterocycles. The van der Waals surface area contributed by atoms with Gasteiger partial charge in [-0.2, -0.15) is 4.31 Å². The number of benzene rings is 2. The summed E-state index contributed by atoms with van der Waals surface area (Å²) in [4.78, 5) is 12.4. The number of halogens is 1. The first-order chi connectivity index (χ1) is 12.9. The summed E-state index contributed by atoms with van der Waals surface area (Å²) < 4.78 is 33.2. The second-order valence-corrected chi connectivity index (χ2v) is 8.81. The summed E-state index contributed by atoms with van der Waals surface area (Å²) in [6, 6.07) is 15.3. The second kappa shape index (κ2) is 8.42. The fourth-order valence-corrected chi connectivity index (χ4v) is 5.22. The van der Waals surface area contributed by atoms with Crippen LogP contribution in [0, 0.1) is 5.92 Å². The lowest BCUT2D eigenvalue weighted by molar-refractivity contribution is -0.149. The molecule has 2 unspecified atom stereocenters. The van der Waals surface area contributed by atoms with Crippen molar-refractivity contribution in [1.29, 1.82) is 0 Å². The van der Waals surface area contributed by atoms with E-state index in [0.717, 1.165) is 5.56 Å². The van der Waals surface area contributed by atoms with Gasteiger partial charge in [0.05, 0.1) is 23.5 Å². The van der Waals surface area contributed by atoms with E-state index in [2.05, 4.69) is 0 Å². The predicted molar refractivity (Wildman–Crippen MR) is 104 cm³/mol. The third-order valence-corrected chi connectivity index (χ3v) is 6.90. The van der Waals surface area contributed by atoms with Gasteiger partial charge in [-0.15, -0.1) is 0 Å². The summed E-state index contributed by atoms with van der Waals surface area (Å²) in [6.07, 6.45) is 1.14. The van der Waals surface area contributed by atoms with Gasteiger partial charge in [-0.1, -0.05) is 41.9 Å². The summed E-state index contributed by atoms with van der Waals surface area (Å²) in [5.41, 5.74) is 0.914. The van der Waals surface area contributed by atoms with Gasteiger partial charge in [0.15, 0.2) is 0 Å². The minimum Gasteiger partial charge on any atom is -0.466 e. The smallest absolute Gasteiger partial charge is 0.310 e. The van der Waals surface area contributed by atoms with Crippen LogP contribution in [0.5, 0.6) is 0 Å². The fourth-order valence-electron chi connectivity index (χ4n) is 3.41. The first-order valence-electron chi connectivity index (χ1n) is 8.92. The van der Waals surface area contributed by atoms with E-state index in [1.165, 1.54) is 16.4 Å². The Morgan fingerprint density at radius 2 is 1.78 bits per heavy atom. The number of hydrogen-bond donors (Lipinski definition) is 0. The summed E-state index contributed by atoms with van der Waals surface area (Å²) in [6.45, 7) is 2.13. The molecule has 27 heavy (non-hydrogen) atoms. The number of rotatable bonds is 5. The number of esters is 1. The summed E-state index contributed by atoms with van der Waals surface area (Å²) in [5, 5.41) is 0.469. The lowest BCUT2D eigenvalue weighted by atomic mass is 9.91. The third kappa shape index (κ3) is 4.34. The number of piperidine rings is 1. The van der Waals surface area contributed by atoms with Crippen LogP contribution in [0.4, 0.5) is 0 Å². The number of carbonyl (C=O) groups excluding carboxylic acids is 1. The van der Waals surface area contributed by atoms with Crippen LogP contribution >= 0.6 is 11.6 Å². The van der Waals surface area contributed by atoms with Crippen molar-refractivity contribution in [2.24, 2.45) is 5.92 Å². The Morgan fingerprint density at radius 1 is 1.11 bits per heavy atom. The van der Waals surface area contributed by atoms with Gasteiger partial charge in [-0.25, -0.2) is 8.42 Å². The predicted octanol–water partition coefficient (Wildman–Crippen LogP) is 4.05. The van der Waals surface area contributed by atoms with E-state index in [9.17, 15) is 13.2 Å². The molecule has 1 aliphatic rings. The summed E-state index contributed by atoms with van der Waals surface area (Å²) >= 11 is 5.90. The summed E-state index contributed by atoms with van der Waals surface area (Å²) in [5.74, 6) is -0.813. The van der Waals surface area contributed by atoms with Crippen molar-refractivity contribution in [3.63, 3.8) is 0 Å². The Hall–Kier alpha value is -1.89. The van der Waals surface area contributed by atoms with Crippen LogP contribution in [0.15, 0.2) is 59.5 Å². The molecule has 5 nitrogen and oxygen atoms in total. The normalized spacial score (nSPS) is 21.0. The largest absolute Gasteiger partial charge is 0.466 e. The second-order valence-electron chi connectivity index (χ2n) is 6.48. The Balaban J connectivity index is 1.98. The lowest BCUT2D eigenvalue weighted by Crippen LogP contribution is -2.44. The standard InChI is InChI=1S/C20H22ClNO4S/c1-2-26-20(23)16-8-13-19(15-6-4-3-5-7-15)22(14-16)27(24,25)18-11-9-17(21)10-12-18/h3-7,9-12,16,19H,2,8,13-14H2,1H3. The van der Waals surface area contributed by atoms with E-state index in [4.69, 9.17) is 16.3 Å². The fraction of sp³-hybridized carbons (Fsp3) is 0.350. The molecule has 1 aliphatic heterocycles. The molecule has 1 fully saturated rings. The van der Waals surface area contributed by atoms with Gasteiger partial charge in [0.25, 0.3) is 0 Å². The van der Waals surface area contributed by atoms with Crippen molar-refractivity contribution in [3.05, 3.63) is 65.2 Å². The average Bonchev–Trinajstić information content (AvgIpc) is 2.69. The highest BCUT2D eigenvalue weighted by atomic mass is 35.5. The zero-order valence-corrected chi connectivity index (χ0v) is 16.6. The van der Waals surface area contributed by atoms with Crippen LogP contribution in [0.3, 0.4) is 0 Å². The SMILES string of the molecule is CCOC(=O)C1CCC(c2ccccc2)N(S(=O)(=O)c2ccc(Cl)cc2)C1. The van der Waals surface area contributed by atoms with E-state index >= 15 is 0 Å². The molecule has 3 rings (SSSR count). The van der Waals surface area contributed by atoms with E-state index in [1.807, 2.05) is 30.3 Å². The van der Waals surface area contributed by atoms with Crippen molar-refractivity contribution >= 4 is 27.6 Å². The van der Waals surface area contributed by atoms with Gasteiger partial charge in [-0.3, -0.25) is 4.79 Å². The van der Waals surface area contributed by atoms with Crippen LogP contribution in [0.2, 0.25) is 5.02 Å². The Morgan fingerprint density at radius 3 is 2.41 bits per heavy atom. The molecule has 0 saturated carbocycles. The van der Waals surface area contributed by atoms with Crippen molar-refractivity contribution in [2.75, 3.05) is 13.2 Å². The third-order valence-electron chi connectivity index (χ3n) is 4.76. The highest BCUT2D eigenvalue weighted by molar-refractivity contribution is 7.89. The van der Waals surface area contributed by atoms with Gasteiger partial charge in [0, 0.05) is 11.6 Å². The molecule has 2 aromatic rings. The van der Waals surface area contributed by atoms with Gasteiger partial charge < -0.3 is 4.74 Å². The molecule has 0 radical (unpaired) electrons. The highest BCUT2D eigenvalue weighted by Gasteiger charge is 2.40. The van der Waals surface area contributed by atoms with Crippen molar-refractivity contribution in [3.8, 4) is 0 Å². The number of hydrogen-bond acceptors (Lipinski definition) is 4. The molecular formula is C20H22ClNO4S. The van der Waals surface area contributed by atoms with Crippen molar-refractivity contribution in [1.82, 2.24) is 4.31 Å². The monoisotopic (exact) mass is 407 g/mol. The number of carbonyl (C=O) groups is 1. The lowest BCUT2D eigenvalue weighted by Gasteiger charge is -2.38. The molecular weight excluding hydrogens is 386 g/mol. The minimum absolute atomic E-state index is 0.101. The van der Waals surface area contributed by atoms with Crippen LogP contribution in [0.25, 0.3) is 0 Å². The van der Waals surface area contributed by atoms with E-state index in [-0.39, 0.29) is 30.1 Å². The van der Waals surface area contributed by atoms with Gasteiger partial charge in [-0.05, 0) is 49.6 Å². The van der Waals surface area contributed by atoms with Crippen molar-refractivity contribution in [2.45, 2.75) is 30.7 Å². The number of ether oxygens (including phenoxy) is 1. The number of nitrogens with zero attached hydrogens (tertiary/aromatic N) is 1. The quantitative estimate of drug-likeness (QED) is 0.701. The molecule has 0 N–H and O–H groups in total. The molecule has 0 bridgehead atoms. The molecule has 0 aromatic heterocycles. The maximum atomic E-state index is 13.3. The van der Waals surface area contributed by atoms with Crippen LogP contribution in [0.1, 0.15) is 31.4 Å². The highest BCUT2D eigenvalue weighted by Crippen LogP contribution is 2.38. The maximum absolute atomic E-state index is 13.3. The van der Waals surface area contributed by atoms with Gasteiger partial charge in [0.1, 0.15) is 0 Å². The Labute approximate surface area is 165 Å². The van der Waals surface area contributed by atoms with Crippen LogP contribution in [-0.4, -0.2) is 31.8 Å². The molecule has 7 heteroatoms. The summed E-state index contributed by atoms with van der Waals surface area (Å²) in [7, 11) is -3.79. The van der Waals surface area contributed by atoms with Crippen LogP contribution < -0.4 is 0 Å². The Bertz CT molecular complexity index is 884. The molecule has 2 aromatic carbocycles. The van der Waals surface area contributed by atoms with Crippen LogP contribution in [-0.2, 0) is 19.6 Å². The molecule has 2 atom stereocenters.